The van der Waals surface area contributed by atoms with Crippen molar-refractivity contribution in [1.82, 2.24) is 0 Å². The average Bonchev–Trinajstić information content (AvgIpc) is 2.44. The van der Waals surface area contributed by atoms with Crippen LogP contribution in [0.5, 0.6) is 11.5 Å². The van der Waals surface area contributed by atoms with E-state index in [9.17, 15) is 9.90 Å². The van der Waals surface area contributed by atoms with Crippen LogP contribution in [0.15, 0.2) is 24.3 Å². The number of benzene rings is 1. The van der Waals surface area contributed by atoms with Crippen LogP contribution >= 0.6 is 0 Å². The lowest BCUT2D eigenvalue weighted by Gasteiger charge is -2.26. The molecule has 0 spiro atoms. The van der Waals surface area contributed by atoms with Gasteiger partial charge >= 0.3 is 5.97 Å². The molecule has 0 saturated carbocycles. The third kappa shape index (κ3) is 3.88. The van der Waals surface area contributed by atoms with E-state index in [2.05, 4.69) is 0 Å². The molecule has 4 heteroatoms. The monoisotopic (exact) mass is 266 g/mol. The molecule has 0 unspecified atom stereocenters. The predicted molar refractivity (Wildman–Crippen MR) is 73.8 cm³/mol. The summed E-state index contributed by atoms with van der Waals surface area (Å²) in [6, 6.07) is 7.31. The van der Waals surface area contributed by atoms with Gasteiger partial charge in [-0.3, -0.25) is 4.79 Å². The van der Waals surface area contributed by atoms with Gasteiger partial charge in [0.25, 0.3) is 0 Å². The zero-order valence-corrected chi connectivity index (χ0v) is 11.8. The highest BCUT2D eigenvalue weighted by molar-refractivity contribution is 5.74. The molecule has 0 aromatic heterocycles. The molecule has 0 fully saturated rings. The van der Waals surface area contributed by atoms with E-state index in [0.29, 0.717) is 31.6 Å². The number of hydrogen-bond acceptors (Lipinski definition) is 3. The Morgan fingerprint density at radius 2 is 1.89 bits per heavy atom. The molecule has 1 N–H and O–H groups in total. The van der Waals surface area contributed by atoms with E-state index in [4.69, 9.17) is 9.47 Å². The first kappa shape index (κ1) is 15.3. The van der Waals surface area contributed by atoms with Crippen LogP contribution in [0.25, 0.3) is 0 Å². The van der Waals surface area contributed by atoms with Gasteiger partial charge in [-0.05, 0) is 31.4 Å². The maximum absolute atomic E-state index is 11.4. The molecular formula is C15H22O4. The molecular weight excluding hydrogens is 244 g/mol. The minimum Gasteiger partial charge on any atom is -0.497 e. The molecule has 0 aliphatic rings. The van der Waals surface area contributed by atoms with Gasteiger partial charge in [-0.25, -0.2) is 0 Å². The number of carboxylic acid groups (broad SMARTS) is 1. The summed E-state index contributed by atoms with van der Waals surface area (Å²) in [6.45, 7) is 4.20. The zero-order valence-electron chi connectivity index (χ0n) is 11.8. The fraction of sp³-hybridized carbons (Fsp3) is 0.533. The molecule has 0 heterocycles. The van der Waals surface area contributed by atoms with Crippen LogP contribution in [0.4, 0.5) is 0 Å². The van der Waals surface area contributed by atoms with E-state index in [1.165, 1.54) is 0 Å². The molecule has 1 rings (SSSR count). The normalized spacial score (nSPS) is 11.1. The van der Waals surface area contributed by atoms with E-state index in [-0.39, 0.29) is 0 Å². The topological polar surface area (TPSA) is 55.8 Å². The van der Waals surface area contributed by atoms with Crippen molar-refractivity contribution in [1.29, 1.82) is 0 Å². The van der Waals surface area contributed by atoms with E-state index < -0.39 is 11.4 Å². The Morgan fingerprint density at radius 3 is 2.42 bits per heavy atom. The van der Waals surface area contributed by atoms with Crippen molar-refractivity contribution < 1.29 is 19.4 Å². The summed E-state index contributed by atoms with van der Waals surface area (Å²) in [5.74, 6) is 0.686. The van der Waals surface area contributed by atoms with Crippen molar-refractivity contribution in [2.75, 3.05) is 13.7 Å². The minimum absolute atomic E-state index is 0.390. The summed E-state index contributed by atoms with van der Waals surface area (Å²) in [4.78, 5) is 11.4. The van der Waals surface area contributed by atoms with Gasteiger partial charge in [0.1, 0.15) is 11.5 Å². The highest BCUT2D eigenvalue weighted by Crippen LogP contribution is 2.31. The summed E-state index contributed by atoms with van der Waals surface area (Å²) >= 11 is 0. The van der Waals surface area contributed by atoms with Crippen molar-refractivity contribution in [3.05, 3.63) is 24.3 Å². The number of carboxylic acids is 1. The standard InChI is InChI=1S/C15H22O4/c1-4-15(5-2,14(16)17)9-10-19-13-8-6-7-12(11-13)18-3/h6-8,11H,4-5,9-10H2,1-3H3,(H,16,17). The summed E-state index contributed by atoms with van der Waals surface area (Å²) < 4.78 is 10.7. The Hall–Kier alpha value is -1.71. The van der Waals surface area contributed by atoms with Crippen LogP contribution in [0.1, 0.15) is 33.1 Å². The number of ether oxygens (including phenoxy) is 2. The zero-order chi connectivity index (χ0) is 14.3. The van der Waals surface area contributed by atoms with Crippen LogP contribution in [0, 0.1) is 5.41 Å². The molecule has 0 bridgehead atoms. The number of aliphatic carboxylic acids is 1. The van der Waals surface area contributed by atoms with E-state index >= 15 is 0 Å². The number of methoxy groups -OCH3 is 1. The average molecular weight is 266 g/mol. The van der Waals surface area contributed by atoms with Gasteiger partial charge in [-0.1, -0.05) is 19.9 Å². The third-order valence-electron chi connectivity index (χ3n) is 3.70. The van der Waals surface area contributed by atoms with Gasteiger partial charge in [-0.2, -0.15) is 0 Å². The van der Waals surface area contributed by atoms with Crippen LogP contribution in [0.3, 0.4) is 0 Å². The van der Waals surface area contributed by atoms with Gasteiger partial charge < -0.3 is 14.6 Å². The summed E-state index contributed by atoms with van der Waals surface area (Å²) in [5.41, 5.74) is -0.682. The first-order chi connectivity index (χ1) is 9.07. The highest BCUT2D eigenvalue weighted by atomic mass is 16.5. The van der Waals surface area contributed by atoms with Gasteiger partial charge in [0, 0.05) is 6.07 Å². The molecule has 4 nitrogen and oxygen atoms in total. The second-order valence-electron chi connectivity index (χ2n) is 4.57. The second-order valence-corrected chi connectivity index (χ2v) is 4.57. The maximum Gasteiger partial charge on any atom is 0.309 e. The molecule has 1 aromatic carbocycles. The van der Waals surface area contributed by atoms with Gasteiger partial charge in [0.15, 0.2) is 0 Å². The largest absolute Gasteiger partial charge is 0.497 e. The van der Waals surface area contributed by atoms with Crippen LogP contribution in [-0.4, -0.2) is 24.8 Å². The van der Waals surface area contributed by atoms with Gasteiger partial charge in [-0.15, -0.1) is 0 Å². The molecule has 0 atom stereocenters. The fourth-order valence-corrected chi connectivity index (χ4v) is 2.07. The second kappa shape index (κ2) is 7.02. The lowest BCUT2D eigenvalue weighted by molar-refractivity contribution is -0.150. The molecule has 0 aliphatic heterocycles. The van der Waals surface area contributed by atoms with Crippen molar-refractivity contribution in [2.24, 2.45) is 5.41 Å². The van der Waals surface area contributed by atoms with E-state index in [0.717, 1.165) is 5.75 Å². The smallest absolute Gasteiger partial charge is 0.309 e. The molecule has 0 radical (unpaired) electrons. The molecule has 0 saturated heterocycles. The predicted octanol–water partition coefficient (Wildman–Crippen LogP) is 3.36. The Balaban J connectivity index is 2.59. The van der Waals surface area contributed by atoms with Crippen LogP contribution in [0.2, 0.25) is 0 Å². The summed E-state index contributed by atoms with van der Waals surface area (Å²) in [6.07, 6.45) is 1.73. The Kier molecular flexibility index (Phi) is 5.67. The SMILES string of the molecule is CCC(CC)(CCOc1cccc(OC)c1)C(=O)O. The first-order valence-corrected chi connectivity index (χ1v) is 6.58. The highest BCUT2D eigenvalue weighted by Gasteiger charge is 2.34. The number of hydrogen-bond donors (Lipinski definition) is 1. The number of rotatable bonds is 8. The van der Waals surface area contributed by atoms with Crippen LogP contribution in [-0.2, 0) is 4.79 Å². The molecule has 0 amide bonds. The van der Waals surface area contributed by atoms with Crippen molar-refractivity contribution in [2.45, 2.75) is 33.1 Å². The van der Waals surface area contributed by atoms with Gasteiger partial charge in [0.05, 0.1) is 19.1 Å². The number of carbonyl (C=O) groups is 1. The summed E-state index contributed by atoms with van der Waals surface area (Å²) in [7, 11) is 1.60. The quantitative estimate of drug-likeness (QED) is 0.784. The maximum atomic E-state index is 11.4. The Morgan fingerprint density at radius 1 is 1.26 bits per heavy atom. The molecule has 0 aliphatic carbocycles. The third-order valence-corrected chi connectivity index (χ3v) is 3.70. The Bertz CT molecular complexity index is 410. The molecule has 1 aromatic rings. The fourth-order valence-electron chi connectivity index (χ4n) is 2.07. The minimum atomic E-state index is -0.744. The molecule has 19 heavy (non-hydrogen) atoms. The molecule has 106 valence electrons. The lowest BCUT2D eigenvalue weighted by atomic mass is 9.79. The van der Waals surface area contributed by atoms with Crippen LogP contribution < -0.4 is 9.47 Å². The van der Waals surface area contributed by atoms with Crippen molar-refractivity contribution in [3.8, 4) is 11.5 Å². The van der Waals surface area contributed by atoms with E-state index in [1.807, 2.05) is 32.0 Å². The van der Waals surface area contributed by atoms with Crippen molar-refractivity contribution in [3.63, 3.8) is 0 Å². The summed E-state index contributed by atoms with van der Waals surface area (Å²) in [5, 5.41) is 9.33. The van der Waals surface area contributed by atoms with Crippen molar-refractivity contribution >= 4 is 5.97 Å². The van der Waals surface area contributed by atoms with E-state index in [1.54, 1.807) is 13.2 Å². The van der Waals surface area contributed by atoms with Gasteiger partial charge in [0.2, 0.25) is 0 Å². The lowest BCUT2D eigenvalue weighted by Crippen LogP contribution is -2.31. The first-order valence-electron chi connectivity index (χ1n) is 6.58. The Labute approximate surface area is 114 Å².